The first-order chi connectivity index (χ1) is 9.60. The molecule has 0 amide bonds. The van der Waals surface area contributed by atoms with Crippen molar-refractivity contribution < 1.29 is 14.2 Å². The lowest BCUT2D eigenvalue weighted by molar-refractivity contribution is 0.0268. The quantitative estimate of drug-likeness (QED) is 0.910. The zero-order chi connectivity index (χ0) is 14.7. The van der Waals surface area contributed by atoms with Crippen LogP contribution in [0.4, 0.5) is 0 Å². The Labute approximate surface area is 128 Å². The van der Waals surface area contributed by atoms with E-state index < -0.39 is 0 Å². The predicted molar refractivity (Wildman–Crippen MR) is 82.9 cm³/mol. The normalized spacial score (nSPS) is 19.2. The number of methoxy groups -OCH3 is 2. The third-order valence-electron chi connectivity index (χ3n) is 3.53. The highest BCUT2D eigenvalue weighted by Gasteiger charge is 2.26. The van der Waals surface area contributed by atoms with E-state index in [1.165, 1.54) is 5.56 Å². The van der Waals surface area contributed by atoms with Crippen molar-refractivity contribution in [3.05, 3.63) is 21.7 Å². The van der Waals surface area contributed by atoms with Crippen molar-refractivity contribution in [2.45, 2.75) is 25.9 Å². The maximum atomic E-state index is 5.90. The summed E-state index contributed by atoms with van der Waals surface area (Å²) in [5.74, 6) is 1.83. The highest BCUT2D eigenvalue weighted by Crippen LogP contribution is 2.45. The molecule has 1 aromatic rings. The molecule has 0 aliphatic carbocycles. The first-order valence-corrected chi connectivity index (χ1v) is 7.66. The van der Waals surface area contributed by atoms with Crippen LogP contribution < -0.4 is 14.8 Å². The summed E-state index contributed by atoms with van der Waals surface area (Å²) >= 11 is 3.67. The average Bonchev–Trinajstić information content (AvgIpc) is 2.46. The molecule has 2 rings (SSSR count). The Morgan fingerprint density at radius 2 is 2.10 bits per heavy atom. The van der Waals surface area contributed by atoms with Crippen molar-refractivity contribution in [3.63, 3.8) is 0 Å². The molecule has 1 aliphatic heterocycles. The van der Waals surface area contributed by atoms with E-state index in [4.69, 9.17) is 14.2 Å². The van der Waals surface area contributed by atoms with Gasteiger partial charge >= 0.3 is 0 Å². The van der Waals surface area contributed by atoms with Crippen molar-refractivity contribution in [2.75, 3.05) is 33.9 Å². The molecule has 5 heteroatoms. The van der Waals surface area contributed by atoms with Gasteiger partial charge in [0.1, 0.15) is 0 Å². The van der Waals surface area contributed by atoms with Gasteiger partial charge in [-0.15, -0.1) is 0 Å². The van der Waals surface area contributed by atoms with Gasteiger partial charge in [-0.3, -0.25) is 0 Å². The van der Waals surface area contributed by atoms with E-state index in [1.807, 2.05) is 6.07 Å². The van der Waals surface area contributed by atoms with Crippen molar-refractivity contribution >= 4 is 15.9 Å². The molecule has 1 saturated heterocycles. The smallest absolute Gasteiger partial charge is 0.175 e. The van der Waals surface area contributed by atoms with Crippen molar-refractivity contribution in [3.8, 4) is 11.5 Å². The lowest BCUT2D eigenvalue weighted by atomic mass is 9.92. The molecular formula is C15H22BrNO3. The largest absolute Gasteiger partial charge is 0.493 e. The zero-order valence-electron chi connectivity index (χ0n) is 12.5. The lowest BCUT2D eigenvalue weighted by Crippen LogP contribution is -2.34. The van der Waals surface area contributed by atoms with Gasteiger partial charge in [0.15, 0.2) is 11.5 Å². The first kappa shape index (κ1) is 15.6. The highest BCUT2D eigenvalue weighted by atomic mass is 79.9. The summed E-state index contributed by atoms with van der Waals surface area (Å²) in [6.45, 7) is 6.80. The molecule has 1 fully saturated rings. The summed E-state index contributed by atoms with van der Waals surface area (Å²) in [6.07, 6.45) is 0.0530. The second-order valence-corrected chi connectivity index (χ2v) is 5.94. The number of nitrogens with one attached hydrogen (secondary N) is 1. The summed E-state index contributed by atoms with van der Waals surface area (Å²) in [5, 5.41) is 3.37. The Bertz CT molecular complexity index is 471. The fourth-order valence-electron chi connectivity index (χ4n) is 2.60. The van der Waals surface area contributed by atoms with Gasteiger partial charge in [0.05, 0.1) is 31.4 Å². The molecule has 20 heavy (non-hydrogen) atoms. The maximum absolute atomic E-state index is 5.90. The van der Waals surface area contributed by atoms with Crippen LogP contribution in [0.25, 0.3) is 0 Å². The van der Waals surface area contributed by atoms with Gasteiger partial charge in [-0.05, 0) is 39.0 Å². The Morgan fingerprint density at radius 3 is 2.60 bits per heavy atom. The molecule has 1 aromatic carbocycles. The van der Waals surface area contributed by atoms with Gasteiger partial charge in [0, 0.05) is 13.1 Å². The first-order valence-electron chi connectivity index (χ1n) is 6.86. The van der Waals surface area contributed by atoms with E-state index in [1.54, 1.807) is 14.2 Å². The molecule has 0 spiro atoms. The second-order valence-electron chi connectivity index (χ2n) is 5.15. The number of ether oxygens (including phenoxy) is 3. The summed E-state index contributed by atoms with van der Waals surface area (Å²) in [6, 6.07) is 2.04. The van der Waals surface area contributed by atoms with Crippen molar-refractivity contribution in [2.24, 2.45) is 0 Å². The molecule has 1 aliphatic rings. The van der Waals surface area contributed by atoms with E-state index in [0.29, 0.717) is 5.92 Å². The molecule has 0 aromatic heterocycles. The topological polar surface area (TPSA) is 39.7 Å². The van der Waals surface area contributed by atoms with Crippen LogP contribution in [0, 0.1) is 0 Å². The second kappa shape index (κ2) is 6.78. The standard InChI is InChI=1S/C15H22BrNO3/c1-9(2)13-10(12-8-17-5-6-20-12)7-11(18-3)15(19-4)14(13)16/h7,9,12,17H,5-6,8H2,1-4H3. The van der Waals surface area contributed by atoms with E-state index in [2.05, 4.69) is 35.1 Å². The van der Waals surface area contributed by atoms with Crippen molar-refractivity contribution in [1.82, 2.24) is 5.32 Å². The molecule has 1 atom stereocenters. The van der Waals surface area contributed by atoms with Gasteiger partial charge in [-0.25, -0.2) is 0 Å². The molecule has 0 radical (unpaired) electrons. The Kier molecular flexibility index (Phi) is 5.29. The minimum absolute atomic E-state index is 0.0530. The molecular weight excluding hydrogens is 322 g/mol. The van der Waals surface area contributed by atoms with Gasteiger partial charge in [-0.1, -0.05) is 13.8 Å². The minimum Gasteiger partial charge on any atom is -0.493 e. The molecule has 112 valence electrons. The third-order valence-corrected chi connectivity index (χ3v) is 4.32. The monoisotopic (exact) mass is 343 g/mol. The van der Waals surface area contributed by atoms with Crippen LogP contribution in [-0.4, -0.2) is 33.9 Å². The summed E-state index contributed by atoms with van der Waals surface area (Å²) in [7, 11) is 3.31. The number of benzene rings is 1. The highest BCUT2D eigenvalue weighted by molar-refractivity contribution is 9.10. The van der Waals surface area contributed by atoms with Gasteiger partial charge < -0.3 is 19.5 Å². The molecule has 1 heterocycles. The number of rotatable bonds is 4. The SMILES string of the molecule is COc1cc(C2CNCCO2)c(C(C)C)c(Br)c1OC. The molecule has 0 bridgehead atoms. The molecule has 1 N–H and O–H groups in total. The fourth-order valence-corrected chi connectivity index (χ4v) is 3.65. The summed E-state index contributed by atoms with van der Waals surface area (Å²) in [4.78, 5) is 0. The zero-order valence-corrected chi connectivity index (χ0v) is 14.0. The van der Waals surface area contributed by atoms with Crippen LogP contribution in [0.3, 0.4) is 0 Å². The molecule has 0 saturated carbocycles. The predicted octanol–water partition coefficient (Wildman–Crippen LogP) is 3.25. The Hall–Kier alpha value is -0.780. The maximum Gasteiger partial charge on any atom is 0.175 e. The summed E-state index contributed by atoms with van der Waals surface area (Å²) in [5.41, 5.74) is 2.38. The van der Waals surface area contributed by atoms with Crippen LogP contribution in [0.5, 0.6) is 11.5 Å². The Balaban J connectivity index is 2.55. The van der Waals surface area contributed by atoms with Crippen LogP contribution in [0.2, 0.25) is 0 Å². The summed E-state index contributed by atoms with van der Waals surface area (Å²) < 4.78 is 17.8. The number of halogens is 1. The van der Waals surface area contributed by atoms with Crippen LogP contribution in [0.1, 0.15) is 37.0 Å². The van der Waals surface area contributed by atoms with Crippen LogP contribution >= 0.6 is 15.9 Å². The molecule has 1 unspecified atom stereocenters. The van der Waals surface area contributed by atoms with E-state index in [0.717, 1.165) is 41.2 Å². The number of morpholine rings is 1. The lowest BCUT2D eigenvalue weighted by Gasteiger charge is -2.28. The van der Waals surface area contributed by atoms with Gasteiger partial charge in [-0.2, -0.15) is 0 Å². The van der Waals surface area contributed by atoms with Crippen molar-refractivity contribution in [1.29, 1.82) is 0 Å². The number of hydrogen-bond acceptors (Lipinski definition) is 4. The number of hydrogen-bond donors (Lipinski definition) is 1. The van der Waals surface area contributed by atoms with Gasteiger partial charge in [0.2, 0.25) is 0 Å². The van der Waals surface area contributed by atoms with E-state index in [9.17, 15) is 0 Å². The minimum atomic E-state index is 0.0530. The molecule has 4 nitrogen and oxygen atoms in total. The van der Waals surface area contributed by atoms with E-state index in [-0.39, 0.29) is 6.10 Å². The van der Waals surface area contributed by atoms with Crippen LogP contribution in [-0.2, 0) is 4.74 Å². The third kappa shape index (κ3) is 2.95. The fraction of sp³-hybridized carbons (Fsp3) is 0.600. The average molecular weight is 344 g/mol. The Morgan fingerprint density at radius 1 is 1.35 bits per heavy atom. The van der Waals surface area contributed by atoms with E-state index >= 15 is 0 Å². The van der Waals surface area contributed by atoms with Crippen LogP contribution in [0.15, 0.2) is 10.5 Å². The van der Waals surface area contributed by atoms with Gasteiger partial charge in [0.25, 0.3) is 0 Å².